The van der Waals surface area contributed by atoms with Gasteiger partial charge in [-0.3, -0.25) is 0 Å². The summed E-state index contributed by atoms with van der Waals surface area (Å²) < 4.78 is 6.08. The third kappa shape index (κ3) is 4.82. The number of ether oxygens (including phenoxy) is 1. The highest BCUT2D eigenvalue weighted by molar-refractivity contribution is 5.26. The quantitative estimate of drug-likeness (QED) is 0.816. The Morgan fingerprint density at radius 2 is 1.81 bits per heavy atom. The van der Waals surface area contributed by atoms with Gasteiger partial charge in [-0.2, -0.15) is 0 Å². The maximum absolute atomic E-state index is 6.28. The fourth-order valence-electron chi connectivity index (χ4n) is 3.23. The fourth-order valence-corrected chi connectivity index (χ4v) is 3.23. The first kappa shape index (κ1) is 16.5. The van der Waals surface area contributed by atoms with E-state index in [0.717, 1.165) is 5.92 Å². The standard InChI is InChI=1S/C19H31NO/c1-4-15-6-5-7-18(12-15)21-13-19(20)17-10-8-16(9-11-17)14(2)3/h8-11,14-15,18-19H,4-7,12-13,20H2,1-3H3. The molecule has 0 heterocycles. The summed E-state index contributed by atoms with van der Waals surface area (Å²) in [5.41, 5.74) is 8.83. The molecule has 2 rings (SSSR count). The van der Waals surface area contributed by atoms with Crippen LogP contribution in [0.1, 0.15) is 76.0 Å². The van der Waals surface area contributed by atoms with E-state index in [1.54, 1.807) is 0 Å². The Morgan fingerprint density at radius 3 is 2.43 bits per heavy atom. The van der Waals surface area contributed by atoms with Gasteiger partial charge in [-0.15, -0.1) is 0 Å². The lowest BCUT2D eigenvalue weighted by Crippen LogP contribution is -2.26. The normalized spacial score (nSPS) is 24.2. The Labute approximate surface area is 130 Å². The molecule has 118 valence electrons. The second kappa shape index (κ2) is 7.95. The lowest BCUT2D eigenvalue weighted by Gasteiger charge is -2.29. The molecular formula is C19H31NO. The molecule has 3 atom stereocenters. The van der Waals surface area contributed by atoms with E-state index in [0.29, 0.717) is 18.6 Å². The van der Waals surface area contributed by atoms with Crippen molar-refractivity contribution in [2.45, 2.75) is 70.9 Å². The highest BCUT2D eigenvalue weighted by Crippen LogP contribution is 2.29. The first-order chi connectivity index (χ1) is 10.1. The van der Waals surface area contributed by atoms with Gasteiger partial charge in [0.05, 0.1) is 18.8 Å². The topological polar surface area (TPSA) is 35.2 Å². The van der Waals surface area contributed by atoms with Crippen LogP contribution in [-0.2, 0) is 4.74 Å². The second-order valence-electron chi connectivity index (χ2n) is 6.82. The molecule has 0 bridgehead atoms. The van der Waals surface area contributed by atoms with Crippen molar-refractivity contribution < 1.29 is 4.74 Å². The van der Waals surface area contributed by atoms with Gasteiger partial charge in [-0.1, -0.05) is 64.3 Å². The summed E-state index contributed by atoms with van der Waals surface area (Å²) in [4.78, 5) is 0. The Kier molecular flexibility index (Phi) is 6.25. The highest BCUT2D eigenvalue weighted by Gasteiger charge is 2.22. The van der Waals surface area contributed by atoms with E-state index in [9.17, 15) is 0 Å². The van der Waals surface area contributed by atoms with E-state index in [-0.39, 0.29) is 6.04 Å². The van der Waals surface area contributed by atoms with Crippen LogP contribution in [0.3, 0.4) is 0 Å². The van der Waals surface area contributed by atoms with Crippen LogP contribution in [0.5, 0.6) is 0 Å². The van der Waals surface area contributed by atoms with Crippen molar-refractivity contribution in [2.24, 2.45) is 11.7 Å². The Balaban J connectivity index is 1.82. The van der Waals surface area contributed by atoms with Gasteiger partial charge >= 0.3 is 0 Å². The molecule has 21 heavy (non-hydrogen) atoms. The average Bonchev–Trinajstić information content (AvgIpc) is 2.53. The predicted molar refractivity (Wildman–Crippen MR) is 89.4 cm³/mol. The summed E-state index contributed by atoms with van der Waals surface area (Å²) >= 11 is 0. The average molecular weight is 289 g/mol. The molecule has 0 aliphatic heterocycles. The third-order valence-electron chi connectivity index (χ3n) is 4.85. The van der Waals surface area contributed by atoms with Crippen molar-refractivity contribution >= 4 is 0 Å². The van der Waals surface area contributed by atoms with Gasteiger partial charge < -0.3 is 10.5 Å². The summed E-state index contributed by atoms with van der Waals surface area (Å²) in [6.45, 7) is 7.35. The Bertz CT molecular complexity index is 412. The SMILES string of the molecule is CCC1CCCC(OCC(N)c2ccc(C(C)C)cc2)C1. The molecule has 1 saturated carbocycles. The van der Waals surface area contributed by atoms with Crippen LogP contribution in [0.25, 0.3) is 0 Å². The Hall–Kier alpha value is -0.860. The monoisotopic (exact) mass is 289 g/mol. The van der Waals surface area contributed by atoms with Gasteiger partial charge in [0.1, 0.15) is 0 Å². The van der Waals surface area contributed by atoms with Crippen molar-refractivity contribution in [3.8, 4) is 0 Å². The van der Waals surface area contributed by atoms with E-state index >= 15 is 0 Å². The van der Waals surface area contributed by atoms with E-state index in [2.05, 4.69) is 45.0 Å². The number of nitrogens with two attached hydrogens (primary N) is 1. The number of hydrogen-bond acceptors (Lipinski definition) is 2. The molecule has 2 nitrogen and oxygen atoms in total. The maximum Gasteiger partial charge on any atom is 0.0663 e. The minimum Gasteiger partial charge on any atom is -0.376 e. The van der Waals surface area contributed by atoms with Crippen LogP contribution in [0.15, 0.2) is 24.3 Å². The minimum atomic E-state index is -0.00628. The van der Waals surface area contributed by atoms with Gasteiger partial charge in [-0.25, -0.2) is 0 Å². The molecule has 1 aromatic carbocycles. The molecule has 0 spiro atoms. The lowest BCUT2D eigenvalue weighted by molar-refractivity contribution is 0.00561. The van der Waals surface area contributed by atoms with Crippen LogP contribution < -0.4 is 5.73 Å². The van der Waals surface area contributed by atoms with Gasteiger partial charge in [0.15, 0.2) is 0 Å². The van der Waals surface area contributed by atoms with Crippen molar-refractivity contribution in [1.82, 2.24) is 0 Å². The second-order valence-corrected chi connectivity index (χ2v) is 6.82. The molecule has 0 saturated heterocycles. The zero-order chi connectivity index (χ0) is 15.2. The molecule has 2 N–H and O–H groups in total. The molecule has 0 aromatic heterocycles. The molecular weight excluding hydrogens is 258 g/mol. The molecule has 0 amide bonds. The van der Waals surface area contributed by atoms with Crippen LogP contribution in [-0.4, -0.2) is 12.7 Å². The molecule has 2 heteroatoms. The fraction of sp³-hybridized carbons (Fsp3) is 0.684. The van der Waals surface area contributed by atoms with Crippen molar-refractivity contribution in [3.63, 3.8) is 0 Å². The molecule has 1 aliphatic rings. The first-order valence-electron chi connectivity index (χ1n) is 8.57. The summed E-state index contributed by atoms with van der Waals surface area (Å²) in [5.74, 6) is 1.42. The van der Waals surface area contributed by atoms with Crippen molar-refractivity contribution in [2.75, 3.05) is 6.61 Å². The predicted octanol–water partition coefficient (Wildman–Crippen LogP) is 4.80. The van der Waals surface area contributed by atoms with Crippen molar-refractivity contribution in [3.05, 3.63) is 35.4 Å². The van der Waals surface area contributed by atoms with Crippen LogP contribution in [0.4, 0.5) is 0 Å². The molecule has 1 aromatic rings. The number of benzene rings is 1. The van der Waals surface area contributed by atoms with Gasteiger partial charge in [-0.05, 0) is 35.8 Å². The summed E-state index contributed by atoms with van der Waals surface area (Å²) in [5, 5.41) is 0. The third-order valence-corrected chi connectivity index (χ3v) is 4.85. The minimum absolute atomic E-state index is 0.00628. The lowest BCUT2D eigenvalue weighted by atomic mass is 9.85. The van der Waals surface area contributed by atoms with E-state index < -0.39 is 0 Å². The van der Waals surface area contributed by atoms with Gasteiger partial charge in [0.25, 0.3) is 0 Å². The molecule has 3 unspecified atom stereocenters. The molecule has 0 radical (unpaired) electrons. The Morgan fingerprint density at radius 1 is 1.14 bits per heavy atom. The summed E-state index contributed by atoms with van der Waals surface area (Å²) in [6, 6.07) is 8.67. The maximum atomic E-state index is 6.28. The largest absolute Gasteiger partial charge is 0.376 e. The zero-order valence-corrected chi connectivity index (χ0v) is 13.8. The van der Waals surface area contributed by atoms with Crippen LogP contribution >= 0.6 is 0 Å². The van der Waals surface area contributed by atoms with E-state index in [1.807, 2.05) is 0 Å². The highest BCUT2D eigenvalue weighted by atomic mass is 16.5. The summed E-state index contributed by atoms with van der Waals surface area (Å²) in [6.07, 6.45) is 6.80. The van der Waals surface area contributed by atoms with Gasteiger partial charge in [0, 0.05) is 0 Å². The van der Waals surface area contributed by atoms with Crippen LogP contribution in [0.2, 0.25) is 0 Å². The summed E-state index contributed by atoms with van der Waals surface area (Å²) in [7, 11) is 0. The smallest absolute Gasteiger partial charge is 0.0663 e. The molecule has 1 fully saturated rings. The van der Waals surface area contributed by atoms with Crippen LogP contribution in [0, 0.1) is 5.92 Å². The first-order valence-corrected chi connectivity index (χ1v) is 8.57. The molecule has 1 aliphatic carbocycles. The van der Waals surface area contributed by atoms with E-state index in [1.165, 1.54) is 43.2 Å². The van der Waals surface area contributed by atoms with Gasteiger partial charge in [0.2, 0.25) is 0 Å². The van der Waals surface area contributed by atoms with E-state index in [4.69, 9.17) is 10.5 Å². The number of rotatable bonds is 6. The number of hydrogen-bond donors (Lipinski definition) is 1. The van der Waals surface area contributed by atoms with Crippen molar-refractivity contribution in [1.29, 1.82) is 0 Å². The zero-order valence-electron chi connectivity index (χ0n) is 13.8.